The van der Waals surface area contributed by atoms with Crippen molar-refractivity contribution in [1.29, 1.82) is 0 Å². The summed E-state index contributed by atoms with van der Waals surface area (Å²) < 4.78 is 0. The van der Waals surface area contributed by atoms with Gasteiger partial charge in [0.25, 0.3) is 0 Å². The third-order valence-electron chi connectivity index (χ3n) is 2.39. The molecule has 0 rings (SSSR count). The third-order valence-corrected chi connectivity index (χ3v) is 2.39. The Morgan fingerprint density at radius 2 is 1.64 bits per heavy atom. The molecule has 0 aliphatic heterocycles. The van der Waals surface area contributed by atoms with Gasteiger partial charge in [0.1, 0.15) is 0 Å². The molecule has 3 nitrogen and oxygen atoms in total. The van der Waals surface area contributed by atoms with Crippen molar-refractivity contribution in [2.24, 2.45) is 0 Å². The molecule has 0 spiro atoms. The summed E-state index contributed by atoms with van der Waals surface area (Å²) in [5, 5.41) is 9.05. The monoisotopic (exact) mass is 201 g/mol. The summed E-state index contributed by atoms with van der Waals surface area (Å²) in [4.78, 5) is 12.6. The molecular weight excluding hydrogens is 178 g/mol. The Hall–Kier alpha value is -0.730. The summed E-state index contributed by atoms with van der Waals surface area (Å²) in [7, 11) is 0. The Balaban J connectivity index is 4.29. The Kier molecular flexibility index (Phi) is 7.25. The van der Waals surface area contributed by atoms with Gasteiger partial charge in [0, 0.05) is 12.6 Å². The maximum Gasteiger partial charge on any atom is 0.407 e. The molecule has 1 amide bonds. The van der Waals surface area contributed by atoms with Gasteiger partial charge in [-0.3, -0.25) is 0 Å². The molecule has 0 heterocycles. The molecule has 0 aromatic heterocycles. The summed E-state index contributed by atoms with van der Waals surface area (Å²) in [5.74, 6) is 0. The number of carbonyl (C=O) groups is 1. The van der Waals surface area contributed by atoms with E-state index in [1.807, 2.05) is 6.92 Å². The number of nitrogens with zero attached hydrogens (tertiary/aromatic N) is 1. The Morgan fingerprint density at radius 3 is 1.93 bits per heavy atom. The number of hydrogen-bond acceptors (Lipinski definition) is 1. The summed E-state index contributed by atoms with van der Waals surface area (Å²) in [6, 6.07) is 0.224. The van der Waals surface area contributed by atoms with Gasteiger partial charge in [0.2, 0.25) is 0 Å². The molecule has 0 unspecified atom stereocenters. The maximum atomic E-state index is 11.0. The highest BCUT2D eigenvalue weighted by atomic mass is 16.4. The van der Waals surface area contributed by atoms with Crippen molar-refractivity contribution in [2.75, 3.05) is 6.54 Å². The van der Waals surface area contributed by atoms with Crippen molar-refractivity contribution in [1.82, 2.24) is 4.90 Å². The first-order valence-corrected chi connectivity index (χ1v) is 5.66. The predicted octanol–water partition coefficient (Wildman–Crippen LogP) is 3.35. The fourth-order valence-electron chi connectivity index (χ4n) is 1.80. The number of rotatable bonds is 7. The molecule has 0 atom stereocenters. The van der Waals surface area contributed by atoms with Crippen LogP contribution in [0.1, 0.15) is 52.9 Å². The molecule has 0 aliphatic carbocycles. The quantitative estimate of drug-likeness (QED) is 0.686. The van der Waals surface area contributed by atoms with Crippen molar-refractivity contribution >= 4 is 6.09 Å². The molecule has 14 heavy (non-hydrogen) atoms. The average Bonchev–Trinajstić information content (AvgIpc) is 2.13. The minimum atomic E-state index is -0.765. The summed E-state index contributed by atoms with van der Waals surface area (Å²) in [6.45, 7) is 6.90. The van der Waals surface area contributed by atoms with E-state index in [0.717, 1.165) is 32.1 Å². The summed E-state index contributed by atoms with van der Waals surface area (Å²) in [5.41, 5.74) is 0. The maximum absolute atomic E-state index is 11.0. The molecule has 0 fully saturated rings. The lowest BCUT2D eigenvalue weighted by atomic mass is 10.1. The molecule has 1 N–H and O–H groups in total. The minimum Gasteiger partial charge on any atom is -0.465 e. The summed E-state index contributed by atoms with van der Waals surface area (Å²) >= 11 is 0. The average molecular weight is 201 g/mol. The molecule has 0 aliphatic rings. The van der Waals surface area contributed by atoms with Crippen LogP contribution >= 0.6 is 0 Å². The van der Waals surface area contributed by atoms with Crippen LogP contribution in [0.4, 0.5) is 4.79 Å². The molecule has 84 valence electrons. The zero-order valence-electron chi connectivity index (χ0n) is 9.62. The van der Waals surface area contributed by atoms with Crippen molar-refractivity contribution in [3.8, 4) is 0 Å². The lowest BCUT2D eigenvalue weighted by molar-refractivity contribution is 0.118. The molecule has 0 radical (unpaired) electrons. The van der Waals surface area contributed by atoms with Crippen LogP contribution in [0.5, 0.6) is 0 Å². The summed E-state index contributed by atoms with van der Waals surface area (Å²) in [6.07, 6.45) is 4.21. The lowest BCUT2D eigenvalue weighted by Gasteiger charge is -2.28. The van der Waals surface area contributed by atoms with Gasteiger partial charge in [0.05, 0.1) is 0 Å². The van der Waals surface area contributed by atoms with Gasteiger partial charge in [-0.25, -0.2) is 4.79 Å². The largest absolute Gasteiger partial charge is 0.465 e. The second-order valence-electron chi connectivity index (χ2n) is 3.71. The molecule has 3 heteroatoms. The van der Waals surface area contributed by atoms with E-state index in [1.165, 1.54) is 0 Å². The van der Waals surface area contributed by atoms with Crippen LogP contribution < -0.4 is 0 Å². The van der Waals surface area contributed by atoms with Gasteiger partial charge in [0.15, 0.2) is 0 Å². The molecule has 0 aromatic carbocycles. The Morgan fingerprint density at radius 1 is 1.14 bits per heavy atom. The van der Waals surface area contributed by atoms with Gasteiger partial charge >= 0.3 is 6.09 Å². The fraction of sp³-hybridized carbons (Fsp3) is 0.909. The van der Waals surface area contributed by atoms with E-state index in [-0.39, 0.29) is 6.04 Å². The topological polar surface area (TPSA) is 40.5 Å². The van der Waals surface area contributed by atoms with Gasteiger partial charge in [-0.15, -0.1) is 0 Å². The van der Waals surface area contributed by atoms with E-state index >= 15 is 0 Å². The van der Waals surface area contributed by atoms with Gasteiger partial charge in [-0.1, -0.05) is 33.6 Å². The normalized spacial score (nSPS) is 10.6. The Bertz CT molecular complexity index is 153. The van der Waals surface area contributed by atoms with Crippen LogP contribution in [-0.2, 0) is 0 Å². The van der Waals surface area contributed by atoms with Gasteiger partial charge < -0.3 is 10.0 Å². The SMILES string of the molecule is CCCC(CCC)N(CCC)C(=O)O. The van der Waals surface area contributed by atoms with E-state index in [4.69, 9.17) is 5.11 Å². The van der Waals surface area contributed by atoms with Crippen molar-refractivity contribution in [2.45, 2.75) is 58.9 Å². The number of carboxylic acid groups (broad SMARTS) is 1. The van der Waals surface area contributed by atoms with Crippen molar-refractivity contribution in [3.63, 3.8) is 0 Å². The molecule has 0 aromatic rings. The molecule has 0 bridgehead atoms. The second-order valence-corrected chi connectivity index (χ2v) is 3.71. The van der Waals surface area contributed by atoms with E-state index in [1.54, 1.807) is 4.90 Å². The second kappa shape index (κ2) is 7.65. The first-order valence-electron chi connectivity index (χ1n) is 5.66. The van der Waals surface area contributed by atoms with Crippen LogP contribution in [0, 0.1) is 0 Å². The van der Waals surface area contributed by atoms with E-state index in [9.17, 15) is 4.79 Å². The smallest absolute Gasteiger partial charge is 0.407 e. The zero-order valence-corrected chi connectivity index (χ0v) is 9.62. The molecular formula is C11H23NO2. The van der Waals surface area contributed by atoms with Crippen LogP contribution in [0.3, 0.4) is 0 Å². The van der Waals surface area contributed by atoms with Crippen LogP contribution in [0.25, 0.3) is 0 Å². The van der Waals surface area contributed by atoms with Crippen LogP contribution in [0.15, 0.2) is 0 Å². The van der Waals surface area contributed by atoms with Crippen molar-refractivity contribution < 1.29 is 9.90 Å². The zero-order chi connectivity index (χ0) is 11.0. The standard InChI is InChI=1S/C11H23NO2/c1-4-7-10(8-5-2)12(9-6-3)11(13)14/h10H,4-9H2,1-3H3,(H,13,14). The first kappa shape index (κ1) is 13.3. The van der Waals surface area contributed by atoms with Crippen LogP contribution in [-0.4, -0.2) is 28.7 Å². The van der Waals surface area contributed by atoms with Gasteiger partial charge in [-0.2, -0.15) is 0 Å². The lowest BCUT2D eigenvalue weighted by Crippen LogP contribution is -2.39. The fourth-order valence-corrected chi connectivity index (χ4v) is 1.80. The molecule has 0 saturated carbocycles. The predicted molar refractivity (Wildman–Crippen MR) is 58.6 cm³/mol. The van der Waals surface area contributed by atoms with Crippen LogP contribution in [0.2, 0.25) is 0 Å². The number of amides is 1. The Labute approximate surface area is 87.1 Å². The van der Waals surface area contributed by atoms with E-state index in [0.29, 0.717) is 6.54 Å². The highest BCUT2D eigenvalue weighted by Gasteiger charge is 2.20. The van der Waals surface area contributed by atoms with E-state index in [2.05, 4.69) is 13.8 Å². The van der Waals surface area contributed by atoms with Gasteiger partial charge in [-0.05, 0) is 19.3 Å². The highest BCUT2D eigenvalue weighted by molar-refractivity contribution is 5.65. The third kappa shape index (κ3) is 4.49. The van der Waals surface area contributed by atoms with E-state index < -0.39 is 6.09 Å². The first-order chi connectivity index (χ1) is 6.67. The van der Waals surface area contributed by atoms with Crippen molar-refractivity contribution in [3.05, 3.63) is 0 Å². The molecule has 0 saturated heterocycles. The highest BCUT2D eigenvalue weighted by Crippen LogP contribution is 2.13. The minimum absolute atomic E-state index is 0.224. The number of hydrogen-bond donors (Lipinski definition) is 1.